The molecular formula is C11H12N4O3. The van der Waals surface area contributed by atoms with Crippen molar-refractivity contribution in [3.63, 3.8) is 0 Å². The lowest BCUT2D eigenvalue weighted by molar-refractivity contribution is -0.139. The van der Waals surface area contributed by atoms with E-state index >= 15 is 0 Å². The van der Waals surface area contributed by atoms with Crippen LogP contribution in [0.2, 0.25) is 0 Å². The Morgan fingerprint density at radius 1 is 1.44 bits per heavy atom. The first-order chi connectivity index (χ1) is 8.58. The highest BCUT2D eigenvalue weighted by molar-refractivity contribution is 5.69. The van der Waals surface area contributed by atoms with Crippen molar-refractivity contribution in [1.29, 1.82) is 5.26 Å². The Labute approximate surface area is 103 Å². The van der Waals surface area contributed by atoms with Gasteiger partial charge in [-0.25, -0.2) is 10.6 Å². The molecule has 0 atom stereocenters. The first kappa shape index (κ1) is 13.3. The summed E-state index contributed by atoms with van der Waals surface area (Å²) in [5.74, 6) is 4.47. The highest BCUT2D eigenvalue weighted by Gasteiger charge is 2.05. The van der Waals surface area contributed by atoms with Gasteiger partial charge in [-0.05, 0) is 24.3 Å². The van der Waals surface area contributed by atoms with Crippen LogP contribution < -0.4 is 21.7 Å². The minimum Gasteiger partial charge on any atom is -0.482 e. The average molecular weight is 248 g/mol. The van der Waals surface area contributed by atoms with Crippen molar-refractivity contribution in [2.45, 2.75) is 0 Å². The third kappa shape index (κ3) is 3.40. The Morgan fingerprint density at radius 3 is 2.50 bits per heavy atom. The smallest absolute Gasteiger partial charge is 0.341 e. The summed E-state index contributed by atoms with van der Waals surface area (Å²) < 4.78 is 4.95. The number of nitrogens with two attached hydrogens (primary N) is 2. The molecule has 0 saturated heterocycles. The summed E-state index contributed by atoms with van der Waals surface area (Å²) in [4.78, 5) is 10.3. The monoisotopic (exact) mass is 248 g/mol. The van der Waals surface area contributed by atoms with E-state index < -0.39 is 12.6 Å². The van der Waals surface area contributed by atoms with Crippen LogP contribution in [0.3, 0.4) is 0 Å². The van der Waals surface area contributed by atoms with Crippen LogP contribution in [0.5, 0.6) is 5.75 Å². The Kier molecular flexibility index (Phi) is 4.54. The maximum atomic E-state index is 10.3. The number of hydrogen-bond donors (Lipinski definition) is 4. The molecule has 7 heteroatoms. The summed E-state index contributed by atoms with van der Waals surface area (Å²) in [6.45, 7) is -0.418. The second kappa shape index (κ2) is 6.12. The van der Waals surface area contributed by atoms with Crippen LogP contribution in [-0.4, -0.2) is 17.7 Å². The molecule has 1 aromatic rings. The molecule has 18 heavy (non-hydrogen) atoms. The summed E-state index contributed by atoms with van der Waals surface area (Å²) in [5.41, 5.74) is 8.73. The standard InChI is InChI=1S/C11H12N4O3/c12-5-9(15-14)11(13)7-1-3-8(4-2-7)18-6-10(16)17/h1-4,15H,6,13-14H2,(H,16,17)/b11-9-. The lowest BCUT2D eigenvalue weighted by atomic mass is 10.1. The zero-order valence-electron chi connectivity index (χ0n) is 9.38. The second-order valence-corrected chi connectivity index (χ2v) is 3.25. The zero-order chi connectivity index (χ0) is 13.5. The molecule has 94 valence electrons. The minimum atomic E-state index is -1.06. The number of nitrogens with zero attached hydrogens (tertiary/aromatic N) is 1. The van der Waals surface area contributed by atoms with E-state index in [9.17, 15) is 4.79 Å². The third-order valence-corrected chi connectivity index (χ3v) is 2.05. The number of hydrogen-bond acceptors (Lipinski definition) is 6. The quantitative estimate of drug-likeness (QED) is 0.321. The Morgan fingerprint density at radius 2 is 2.06 bits per heavy atom. The molecule has 0 aliphatic carbocycles. The van der Waals surface area contributed by atoms with Gasteiger partial charge in [0.15, 0.2) is 12.3 Å². The molecule has 6 N–H and O–H groups in total. The fourth-order valence-corrected chi connectivity index (χ4v) is 1.19. The molecule has 1 rings (SSSR count). The number of carbonyl (C=O) groups is 1. The molecule has 0 saturated carbocycles. The van der Waals surface area contributed by atoms with Crippen molar-refractivity contribution in [2.75, 3.05) is 6.61 Å². The predicted molar refractivity (Wildman–Crippen MR) is 63.6 cm³/mol. The minimum absolute atomic E-state index is 0.0502. The molecule has 1 aromatic carbocycles. The maximum absolute atomic E-state index is 10.3. The van der Waals surface area contributed by atoms with Crippen molar-refractivity contribution in [3.05, 3.63) is 35.5 Å². The first-order valence-electron chi connectivity index (χ1n) is 4.90. The topological polar surface area (TPSA) is 134 Å². The van der Waals surface area contributed by atoms with Crippen molar-refractivity contribution in [3.8, 4) is 11.8 Å². The summed E-state index contributed by atoms with van der Waals surface area (Å²) in [5, 5.41) is 17.2. The molecular weight excluding hydrogens is 236 g/mol. The molecule has 0 radical (unpaired) electrons. The Bertz CT molecular complexity index is 502. The first-order valence-corrected chi connectivity index (χ1v) is 4.90. The van der Waals surface area contributed by atoms with Gasteiger partial charge >= 0.3 is 5.97 Å². The SMILES string of the molecule is N#C/C(NN)=C(/N)c1ccc(OCC(=O)O)cc1. The number of aliphatic carboxylic acids is 1. The van der Waals surface area contributed by atoms with Crippen LogP contribution in [0, 0.1) is 11.3 Å². The van der Waals surface area contributed by atoms with E-state index in [4.69, 9.17) is 26.7 Å². The van der Waals surface area contributed by atoms with Crippen LogP contribution in [-0.2, 0) is 4.79 Å². The van der Waals surface area contributed by atoms with Crippen LogP contribution in [0.25, 0.3) is 5.70 Å². The molecule has 0 amide bonds. The van der Waals surface area contributed by atoms with E-state index in [0.717, 1.165) is 0 Å². The van der Waals surface area contributed by atoms with Crippen molar-refractivity contribution >= 4 is 11.7 Å². The van der Waals surface area contributed by atoms with Crippen molar-refractivity contribution in [1.82, 2.24) is 5.43 Å². The molecule has 0 spiro atoms. The molecule has 0 bridgehead atoms. The number of hydrazine groups is 1. The van der Waals surface area contributed by atoms with Gasteiger partial charge in [0.05, 0.1) is 5.70 Å². The van der Waals surface area contributed by atoms with Crippen molar-refractivity contribution in [2.24, 2.45) is 11.6 Å². The van der Waals surface area contributed by atoms with E-state index in [2.05, 4.69) is 5.43 Å². The van der Waals surface area contributed by atoms with Crippen LogP contribution in [0.4, 0.5) is 0 Å². The highest BCUT2D eigenvalue weighted by Crippen LogP contribution is 2.17. The van der Waals surface area contributed by atoms with Gasteiger partial charge in [-0.1, -0.05) is 0 Å². The van der Waals surface area contributed by atoms with E-state index in [0.29, 0.717) is 11.3 Å². The molecule has 0 aliphatic rings. The predicted octanol–water partition coefficient (Wildman–Crippen LogP) is -0.236. The highest BCUT2D eigenvalue weighted by atomic mass is 16.5. The molecule has 0 heterocycles. The van der Waals surface area contributed by atoms with Crippen LogP contribution in [0.1, 0.15) is 5.56 Å². The lowest BCUT2D eigenvalue weighted by Gasteiger charge is -2.07. The number of carboxylic acid groups (broad SMARTS) is 1. The van der Waals surface area contributed by atoms with Gasteiger partial charge in [0.1, 0.15) is 11.8 Å². The van der Waals surface area contributed by atoms with E-state index in [1.807, 2.05) is 6.07 Å². The maximum Gasteiger partial charge on any atom is 0.341 e. The fourth-order valence-electron chi connectivity index (χ4n) is 1.19. The number of allylic oxidation sites excluding steroid dienone is 1. The number of benzene rings is 1. The second-order valence-electron chi connectivity index (χ2n) is 3.25. The van der Waals surface area contributed by atoms with Crippen molar-refractivity contribution < 1.29 is 14.6 Å². The van der Waals surface area contributed by atoms with Gasteiger partial charge in [-0.2, -0.15) is 5.26 Å². The number of ether oxygens (including phenoxy) is 1. The average Bonchev–Trinajstić information content (AvgIpc) is 2.38. The number of nitrogens with one attached hydrogen (secondary N) is 1. The third-order valence-electron chi connectivity index (χ3n) is 2.05. The fraction of sp³-hybridized carbons (Fsp3) is 0.0909. The van der Waals surface area contributed by atoms with Gasteiger partial charge in [0.25, 0.3) is 0 Å². The number of rotatable bonds is 5. The summed E-state index contributed by atoms with van der Waals surface area (Å²) >= 11 is 0. The van der Waals surface area contributed by atoms with Gasteiger partial charge in [0, 0.05) is 5.56 Å². The van der Waals surface area contributed by atoms with E-state index in [1.54, 1.807) is 24.3 Å². The molecule has 7 nitrogen and oxygen atoms in total. The van der Waals surface area contributed by atoms with Gasteiger partial charge in [-0.15, -0.1) is 0 Å². The molecule has 0 unspecified atom stereocenters. The van der Waals surface area contributed by atoms with E-state index in [-0.39, 0.29) is 11.4 Å². The largest absolute Gasteiger partial charge is 0.482 e. The number of carboxylic acids is 1. The van der Waals surface area contributed by atoms with Crippen LogP contribution >= 0.6 is 0 Å². The van der Waals surface area contributed by atoms with Gasteiger partial charge < -0.3 is 21.0 Å². The molecule has 0 aromatic heterocycles. The molecule has 0 aliphatic heterocycles. The summed E-state index contributed by atoms with van der Waals surface area (Å²) in [6, 6.07) is 8.12. The summed E-state index contributed by atoms with van der Waals surface area (Å²) in [7, 11) is 0. The number of nitriles is 1. The normalized spacial score (nSPS) is 11.1. The summed E-state index contributed by atoms with van der Waals surface area (Å²) in [6.07, 6.45) is 0. The zero-order valence-corrected chi connectivity index (χ0v) is 9.38. The van der Waals surface area contributed by atoms with Gasteiger partial charge in [-0.3, -0.25) is 0 Å². The lowest BCUT2D eigenvalue weighted by Crippen LogP contribution is -2.23. The Hall–Kier alpha value is -2.72. The van der Waals surface area contributed by atoms with E-state index in [1.165, 1.54) is 0 Å². The Balaban J connectivity index is 2.86. The van der Waals surface area contributed by atoms with Crippen LogP contribution in [0.15, 0.2) is 30.0 Å². The molecule has 0 fully saturated rings. The van der Waals surface area contributed by atoms with Gasteiger partial charge in [0.2, 0.25) is 0 Å².